The smallest absolute Gasteiger partial charge is 0.236 e. The molecule has 0 bridgehead atoms. The number of carbonyl (C=O) groups excluding carboxylic acids is 2. The van der Waals surface area contributed by atoms with E-state index in [-0.39, 0.29) is 18.1 Å². The molecule has 0 saturated carbocycles. The quantitative estimate of drug-likeness (QED) is 0.412. The summed E-state index contributed by atoms with van der Waals surface area (Å²) >= 11 is 1.21. The van der Waals surface area contributed by atoms with Crippen molar-refractivity contribution in [1.29, 1.82) is 5.26 Å². The number of benzene rings is 1. The van der Waals surface area contributed by atoms with Crippen molar-refractivity contribution < 1.29 is 14.0 Å². The second-order valence-electron chi connectivity index (χ2n) is 8.57. The molecule has 2 amide bonds. The number of carbonyl (C=O) groups is 2. The fourth-order valence-corrected chi connectivity index (χ4v) is 4.46. The van der Waals surface area contributed by atoms with Crippen molar-refractivity contribution in [3.05, 3.63) is 52.7 Å². The number of halogens is 1. The summed E-state index contributed by atoms with van der Waals surface area (Å²) in [5, 5.41) is 21.5. The zero-order chi connectivity index (χ0) is 25.7. The van der Waals surface area contributed by atoms with Gasteiger partial charge in [0.2, 0.25) is 11.8 Å². The number of anilines is 1. The maximum absolute atomic E-state index is 13.9. The fraction of sp³-hybridized carbons (Fsp3) is 0.375. The van der Waals surface area contributed by atoms with Gasteiger partial charge >= 0.3 is 0 Å². The van der Waals surface area contributed by atoms with Crippen molar-refractivity contribution in [3.63, 3.8) is 0 Å². The second-order valence-corrected chi connectivity index (χ2v) is 9.51. The number of aromatic nitrogens is 4. The predicted molar refractivity (Wildman–Crippen MR) is 132 cm³/mol. The molecule has 0 radical (unpaired) electrons. The fourth-order valence-electron chi connectivity index (χ4n) is 3.69. The van der Waals surface area contributed by atoms with Gasteiger partial charge in [-0.3, -0.25) is 14.2 Å². The van der Waals surface area contributed by atoms with Crippen LogP contribution in [0.25, 0.3) is 5.69 Å². The summed E-state index contributed by atoms with van der Waals surface area (Å²) < 4.78 is 17.5. The third kappa shape index (κ3) is 6.08. The molecule has 3 aromatic rings. The van der Waals surface area contributed by atoms with Gasteiger partial charge in [0, 0.05) is 25.1 Å². The van der Waals surface area contributed by atoms with E-state index in [0.29, 0.717) is 52.5 Å². The zero-order valence-corrected chi connectivity index (χ0v) is 20.9. The van der Waals surface area contributed by atoms with Gasteiger partial charge in [0.1, 0.15) is 23.5 Å². The normalized spacial score (nSPS) is 11.0. The molecule has 184 valence electrons. The number of hydrogen-bond acceptors (Lipinski definition) is 6. The van der Waals surface area contributed by atoms with Gasteiger partial charge in [-0.25, -0.2) is 4.39 Å². The number of nitrogens with zero attached hydrogens (tertiary/aromatic N) is 5. The standard InChI is InChI=1S/C24H28FN7O2S/c1-14(2)12-31-21(9-8-20(27)33)29-30-24(31)35-13-22(34)28-23-19(11-26)15(3)16(4)32(23)18-7-5-6-17(25)10-18/h5-7,10,14H,8-9,12-13H2,1-4H3,(H2,27,33)(H,28,34). The highest BCUT2D eigenvalue weighted by atomic mass is 32.2. The SMILES string of the molecule is Cc1c(C#N)c(NC(=O)CSc2nnc(CCC(N)=O)n2CC(C)C)n(-c2cccc(F)c2)c1C. The molecular formula is C24H28FN7O2S. The van der Waals surface area contributed by atoms with Gasteiger partial charge in [0.15, 0.2) is 5.16 Å². The summed E-state index contributed by atoms with van der Waals surface area (Å²) in [6.07, 6.45) is 0.529. The Bertz CT molecular complexity index is 1290. The monoisotopic (exact) mass is 497 g/mol. The Hall–Kier alpha value is -3.65. The highest BCUT2D eigenvalue weighted by Gasteiger charge is 2.22. The van der Waals surface area contributed by atoms with E-state index in [1.165, 1.54) is 23.9 Å². The topological polar surface area (TPSA) is 132 Å². The highest BCUT2D eigenvalue weighted by Crippen LogP contribution is 2.30. The number of nitrogens with one attached hydrogen (secondary N) is 1. The Labute approximate surface area is 207 Å². The van der Waals surface area contributed by atoms with Crippen LogP contribution in [0.15, 0.2) is 29.4 Å². The molecule has 0 aliphatic heterocycles. The van der Waals surface area contributed by atoms with Gasteiger partial charge in [-0.15, -0.1) is 10.2 Å². The molecule has 1 aromatic carbocycles. The van der Waals surface area contributed by atoms with Gasteiger partial charge in [-0.05, 0) is 43.5 Å². The third-order valence-corrected chi connectivity index (χ3v) is 6.38. The summed E-state index contributed by atoms with van der Waals surface area (Å²) in [6, 6.07) is 8.11. The lowest BCUT2D eigenvalue weighted by Gasteiger charge is -2.14. The molecule has 0 aliphatic carbocycles. The average Bonchev–Trinajstić information content (AvgIpc) is 3.27. The first-order chi connectivity index (χ1) is 16.6. The van der Waals surface area contributed by atoms with Crippen molar-refractivity contribution in [1.82, 2.24) is 19.3 Å². The molecule has 35 heavy (non-hydrogen) atoms. The number of aryl methyl sites for hydroxylation is 1. The third-order valence-electron chi connectivity index (χ3n) is 5.42. The molecule has 0 saturated heterocycles. The minimum atomic E-state index is -0.420. The van der Waals surface area contributed by atoms with Crippen LogP contribution < -0.4 is 11.1 Å². The molecule has 2 heterocycles. The Morgan fingerprint density at radius 2 is 2.03 bits per heavy atom. The number of primary amides is 1. The summed E-state index contributed by atoms with van der Waals surface area (Å²) in [6.45, 7) is 8.33. The first-order valence-corrected chi connectivity index (χ1v) is 12.1. The minimum absolute atomic E-state index is 0.0172. The van der Waals surface area contributed by atoms with Gasteiger partial charge in [0.25, 0.3) is 0 Å². The number of nitrogens with two attached hydrogens (primary N) is 1. The molecule has 11 heteroatoms. The van der Waals surface area contributed by atoms with Crippen LogP contribution in [-0.4, -0.2) is 36.9 Å². The van der Waals surface area contributed by atoms with Gasteiger partial charge in [-0.1, -0.05) is 31.7 Å². The molecule has 3 N–H and O–H groups in total. The minimum Gasteiger partial charge on any atom is -0.370 e. The molecule has 0 atom stereocenters. The Kier molecular flexibility index (Phi) is 8.30. The van der Waals surface area contributed by atoms with Crippen LogP contribution in [0.4, 0.5) is 10.2 Å². The van der Waals surface area contributed by atoms with E-state index in [1.54, 1.807) is 23.6 Å². The molecule has 0 unspecified atom stereocenters. The van der Waals surface area contributed by atoms with Crippen LogP contribution in [0.5, 0.6) is 0 Å². The molecule has 9 nitrogen and oxygen atoms in total. The van der Waals surface area contributed by atoms with E-state index < -0.39 is 11.7 Å². The number of rotatable bonds is 10. The number of nitriles is 1. The van der Waals surface area contributed by atoms with Crippen LogP contribution in [0, 0.1) is 36.9 Å². The van der Waals surface area contributed by atoms with Crippen molar-refractivity contribution >= 4 is 29.4 Å². The highest BCUT2D eigenvalue weighted by molar-refractivity contribution is 7.99. The van der Waals surface area contributed by atoms with Gasteiger partial charge in [0.05, 0.1) is 17.0 Å². The van der Waals surface area contributed by atoms with Crippen molar-refractivity contribution in [3.8, 4) is 11.8 Å². The zero-order valence-electron chi connectivity index (χ0n) is 20.1. The van der Waals surface area contributed by atoms with E-state index in [4.69, 9.17) is 5.73 Å². The molecule has 3 rings (SSSR count). The van der Waals surface area contributed by atoms with E-state index in [9.17, 15) is 19.2 Å². The van der Waals surface area contributed by atoms with Crippen LogP contribution in [0.3, 0.4) is 0 Å². The Morgan fingerprint density at radius 3 is 2.66 bits per heavy atom. The first kappa shape index (κ1) is 26.0. The number of hydrogen-bond donors (Lipinski definition) is 2. The first-order valence-electron chi connectivity index (χ1n) is 11.1. The number of thioether (sulfide) groups is 1. The number of amides is 2. The van der Waals surface area contributed by atoms with E-state index in [2.05, 4.69) is 21.6 Å². The van der Waals surface area contributed by atoms with Gasteiger partial charge in [-0.2, -0.15) is 5.26 Å². The van der Waals surface area contributed by atoms with E-state index in [0.717, 1.165) is 5.69 Å². The second kappa shape index (κ2) is 11.2. The lowest BCUT2D eigenvalue weighted by Crippen LogP contribution is -2.19. The van der Waals surface area contributed by atoms with Crippen molar-refractivity contribution in [2.45, 2.75) is 52.2 Å². The summed E-state index contributed by atoms with van der Waals surface area (Å²) in [5.74, 6) is 0.0604. The predicted octanol–water partition coefficient (Wildman–Crippen LogP) is 3.50. The van der Waals surface area contributed by atoms with Crippen LogP contribution >= 0.6 is 11.8 Å². The maximum atomic E-state index is 13.9. The Balaban J connectivity index is 1.83. The largest absolute Gasteiger partial charge is 0.370 e. The average molecular weight is 498 g/mol. The Morgan fingerprint density at radius 1 is 1.29 bits per heavy atom. The molecule has 0 fully saturated rings. The van der Waals surface area contributed by atoms with Gasteiger partial charge < -0.3 is 15.6 Å². The maximum Gasteiger partial charge on any atom is 0.236 e. The van der Waals surface area contributed by atoms with Crippen LogP contribution in [0.1, 0.15) is 42.9 Å². The molecular weight excluding hydrogens is 469 g/mol. The van der Waals surface area contributed by atoms with Crippen LogP contribution in [0.2, 0.25) is 0 Å². The summed E-state index contributed by atoms with van der Waals surface area (Å²) in [7, 11) is 0. The summed E-state index contributed by atoms with van der Waals surface area (Å²) in [5.41, 5.74) is 7.53. The van der Waals surface area contributed by atoms with Crippen LogP contribution in [-0.2, 0) is 22.6 Å². The van der Waals surface area contributed by atoms with E-state index >= 15 is 0 Å². The molecule has 2 aromatic heterocycles. The van der Waals surface area contributed by atoms with Crippen molar-refractivity contribution in [2.24, 2.45) is 11.7 Å². The molecule has 0 spiro atoms. The van der Waals surface area contributed by atoms with Crippen molar-refractivity contribution in [2.75, 3.05) is 11.1 Å². The van der Waals surface area contributed by atoms with E-state index in [1.807, 2.05) is 25.3 Å². The summed E-state index contributed by atoms with van der Waals surface area (Å²) in [4.78, 5) is 24.1. The molecule has 0 aliphatic rings. The lowest BCUT2D eigenvalue weighted by atomic mass is 10.2. The lowest BCUT2D eigenvalue weighted by molar-refractivity contribution is -0.118.